The molecule has 6 atom stereocenters. The standard InChI is InChI=1S/C20H26O3/c1-10-6-13-15-14(18(15,4)5)7-12(3)19(17(13)22)9-11(2)16(21)20(19,23)8-10/h9,12-15,23H,1,6-8H2,2-5H3/t12-,13+,14-,15+,19+,20+/m1/s1. The zero-order chi connectivity index (χ0) is 16.9. The number of aliphatic hydroxyl groups is 1. The number of hydrogen-bond acceptors (Lipinski definition) is 3. The smallest absolute Gasteiger partial charge is 0.191 e. The van der Waals surface area contributed by atoms with Crippen LogP contribution in [0.2, 0.25) is 0 Å². The van der Waals surface area contributed by atoms with Gasteiger partial charge in [0, 0.05) is 12.3 Å². The first-order chi connectivity index (χ1) is 10.6. The molecule has 124 valence electrons. The van der Waals surface area contributed by atoms with E-state index < -0.39 is 11.0 Å². The number of fused-ring (bicyclic) bond motifs is 3. The van der Waals surface area contributed by atoms with Crippen LogP contribution in [0, 0.1) is 34.5 Å². The largest absolute Gasteiger partial charge is 0.380 e. The first-order valence-electron chi connectivity index (χ1n) is 8.75. The molecule has 4 rings (SSSR count). The van der Waals surface area contributed by atoms with Crippen molar-refractivity contribution in [3.05, 3.63) is 23.8 Å². The fraction of sp³-hybridized carbons (Fsp3) is 0.700. The van der Waals surface area contributed by atoms with Gasteiger partial charge in [0.05, 0.1) is 5.41 Å². The minimum Gasteiger partial charge on any atom is -0.380 e. The van der Waals surface area contributed by atoms with Crippen LogP contribution in [0.3, 0.4) is 0 Å². The van der Waals surface area contributed by atoms with E-state index in [1.807, 2.05) is 13.0 Å². The van der Waals surface area contributed by atoms with Crippen molar-refractivity contribution >= 4 is 11.6 Å². The summed E-state index contributed by atoms with van der Waals surface area (Å²) < 4.78 is 0. The summed E-state index contributed by atoms with van der Waals surface area (Å²) in [6, 6.07) is 0. The topological polar surface area (TPSA) is 54.4 Å². The molecule has 0 aromatic carbocycles. The second-order valence-electron chi connectivity index (χ2n) is 9.08. The molecule has 0 aliphatic heterocycles. The highest BCUT2D eigenvalue weighted by atomic mass is 16.3. The number of ketones is 2. The van der Waals surface area contributed by atoms with Gasteiger partial charge in [0.2, 0.25) is 0 Å². The first kappa shape index (κ1) is 15.3. The second kappa shape index (κ2) is 4.05. The van der Waals surface area contributed by atoms with Gasteiger partial charge in [-0.25, -0.2) is 0 Å². The molecule has 3 saturated carbocycles. The van der Waals surface area contributed by atoms with Crippen molar-refractivity contribution in [1.82, 2.24) is 0 Å². The summed E-state index contributed by atoms with van der Waals surface area (Å²) in [4.78, 5) is 26.4. The van der Waals surface area contributed by atoms with Gasteiger partial charge < -0.3 is 5.11 Å². The summed E-state index contributed by atoms with van der Waals surface area (Å²) in [7, 11) is 0. The fourth-order valence-electron chi connectivity index (χ4n) is 6.37. The van der Waals surface area contributed by atoms with Gasteiger partial charge in [-0.05, 0) is 48.5 Å². The van der Waals surface area contributed by atoms with E-state index in [2.05, 4.69) is 20.4 Å². The Bertz CT molecular complexity index is 685. The monoisotopic (exact) mass is 314 g/mol. The minimum atomic E-state index is -1.61. The summed E-state index contributed by atoms with van der Waals surface area (Å²) in [5.74, 6) is 0.567. The van der Waals surface area contributed by atoms with Crippen LogP contribution in [-0.4, -0.2) is 22.3 Å². The molecule has 23 heavy (non-hydrogen) atoms. The maximum atomic E-state index is 13.6. The molecule has 4 aliphatic rings. The molecule has 0 unspecified atom stereocenters. The molecule has 0 heterocycles. The summed E-state index contributed by atoms with van der Waals surface area (Å²) in [6.07, 6.45) is 3.57. The van der Waals surface area contributed by atoms with E-state index in [9.17, 15) is 14.7 Å². The lowest BCUT2D eigenvalue weighted by Crippen LogP contribution is -2.57. The lowest BCUT2D eigenvalue weighted by Gasteiger charge is -2.43. The van der Waals surface area contributed by atoms with Gasteiger partial charge in [-0.2, -0.15) is 0 Å². The number of hydrogen-bond donors (Lipinski definition) is 1. The van der Waals surface area contributed by atoms with E-state index >= 15 is 0 Å². The third-order valence-electron chi connectivity index (χ3n) is 7.58. The first-order valence-corrected chi connectivity index (χ1v) is 8.75. The Morgan fingerprint density at radius 2 is 1.96 bits per heavy atom. The van der Waals surface area contributed by atoms with Crippen molar-refractivity contribution < 1.29 is 14.7 Å². The van der Waals surface area contributed by atoms with Crippen molar-refractivity contribution in [2.24, 2.45) is 34.5 Å². The predicted molar refractivity (Wildman–Crippen MR) is 87.6 cm³/mol. The SMILES string of the molecule is C=C1C[C@@H]2C(=O)[C@]3(C=C(C)C(=O)[C@@]3(O)C1)[C@H](C)C[C@@H]1[C@H]2C1(C)C. The molecule has 0 aromatic heterocycles. The highest BCUT2D eigenvalue weighted by Crippen LogP contribution is 2.71. The number of carbonyl (C=O) groups is 2. The van der Waals surface area contributed by atoms with Crippen molar-refractivity contribution in [2.75, 3.05) is 0 Å². The van der Waals surface area contributed by atoms with E-state index in [0.717, 1.165) is 12.0 Å². The normalized spacial score (nSPS) is 50.7. The maximum Gasteiger partial charge on any atom is 0.191 e. The average molecular weight is 314 g/mol. The average Bonchev–Trinajstić information content (AvgIpc) is 2.96. The molecular weight excluding hydrogens is 288 g/mol. The summed E-state index contributed by atoms with van der Waals surface area (Å²) in [5, 5.41) is 11.4. The van der Waals surface area contributed by atoms with Gasteiger partial charge >= 0.3 is 0 Å². The Morgan fingerprint density at radius 1 is 1.30 bits per heavy atom. The number of Topliss-reactive ketones (excluding diaryl/α,β-unsaturated/α-hetero) is 2. The Hall–Kier alpha value is -1.22. The Kier molecular flexibility index (Phi) is 2.70. The second-order valence-corrected chi connectivity index (χ2v) is 9.08. The zero-order valence-electron chi connectivity index (χ0n) is 14.5. The summed E-state index contributed by atoms with van der Waals surface area (Å²) >= 11 is 0. The molecule has 2 bridgehead atoms. The molecule has 0 amide bonds. The lowest BCUT2D eigenvalue weighted by molar-refractivity contribution is -0.158. The van der Waals surface area contributed by atoms with E-state index in [-0.39, 0.29) is 35.2 Å². The van der Waals surface area contributed by atoms with Crippen molar-refractivity contribution in [2.45, 2.75) is 52.6 Å². The van der Waals surface area contributed by atoms with E-state index in [4.69, 9.17) is 0 Å². The van der Waals surface area contributed by atoms with Crippen LogP contribution in [0.1, 0.15) is 47.0 Å². The van der Waals surface area contributed by atoms with Crippen LogP contribution in [0.5, 0.6) is 0 Å². The zero-order valence-corrected chi connectivity index (χ0v) is 14.5. The lowest BCUT2D eigenvalue weighted by atomic mass is 9.60. The molecular formula is C20H26O3. The number of rotatable bonds is 0. The van der Waals surface area contributed by atoms with Crippen molar-refractivity contribution in [3.63, 3.8) is 0 Å². The molecule has 1 spiro atoms. The molecule has 3 nitrogen and oxygen atoms in total. The highest BCUT2D eigenvalue weighted by molar-refractivity contribution is 6.12. The fourth-order valence-corrected chi connectivity index (χ4v) is 6.37. The molecule has 0 radical (unpaired) electrons. The minimum absolute atomic E-state index is 0.0217. The Balaban J connectivity index is 1.95. The van der Waals surface area contributed by atoms with Crippen molar-refractivity contribution in [3.8, 4) is 0 Å². The van der Waals surface area contributed by atoms with E-state index in [1.165, 1.54) is 0 Å². The van der Waals surface area contributed by atoms with Gasteiger partial charge in [-0.3, -0.25) is 9.59 Å². The van der Waals surface area contributed by atoms with E-state index in [0.29, 0.717) is 23.8 Å². The molecule has 0 saturated heterocycles. The maximum absolute atomic E-state index is 13.6. The molecule has 0 aromatic rings. The van der Waals surface area contributed by atoms with Crippen LogP contribution in [0.15, 0.2) is 23.8 Å². The summed E-state index contributed by atoms with van der Waals surface area (Å²) in [5.41, 5.74) is -1.08. The van der Waals surface area contributed by atoms with Crippen LogP contribution in [0.25, 0.3) is 0 Å². The molecule has 3 heteroatoms. The Morgan fingerprint density at radius 3 is 2.61 bits per heavy atom. The van der Waals surface area contributed by atoms with Crippen LogP contribution < -0.4 is 0 Å². The van der Waals surface area contributed by atoms with Gasteiger partial charge in [0.1, 0.15) is 11.4 Å². The third kappa shape index (κ3) is 1.51. The van der Waals surface area contributed by atoms with Crippen LogP contribution in [-0.2, 0) is 9.59 Å². The van der Waals surface area contributed by atoms with Gasteiger partial charge in [0.15, 0.2) is 5.78 Å². The van der Waals surface area contributed by atoms with E-state index in [1.54, 1.807) is 6.92 Å². The van der Waals surface area contributed by atoms with Gasteiger partial charge in [-0.15, -0.1) is 0 Å². The molecule has 4 aliphatic carbocycles. The third-order valence-corrected chi connectivity index (χ3v) is 7.58. The van der Waals surface area contributed by atoms with Crippen LogP contribution >= 0.6 is 0 Å². The van der Waals surface area contributed by atoms with Crippen LogP contribution in [0.4, 0.5) is 0 Å². The van der Waals surface area contributed by atoms with Gasteiger partial charge in [-0.1, -0.05) is 39.0 Å². The Labute approximate surface area is 137 Å². The number of carbonyl (C=O) groups excluding carboxylic acids is 2. The highest BCUT2D eigenvalue weighted by Gasteiger charge is 2.74. The molecule has 3 fully saturated rings. The van der Waals surface area contributed by atoms with Crippen molar-refractivity contribution in [1.29, 1.82) is 0 Å². The predicted octanol–water partition coefficient (Wildman–Crippen LogP) is 3.08. The molecule has 1 N–H and O–H groups in total. The quantitative estimate of drug-likeness (QED) is 0.699. The summed E-state index contributed by atoms with van der Waals surface area (Å²) in [6.45, 7) is 12.4. The van der Waals surface area contributed by atoms with Gasteiger partial charge in [0.25, 0.3) is 0 Å².